The molecule has 0 bridgehead atoms. The average Bonchev–Trinajstić information content (AvgIpc) is 2.98. The fourth-order valence-electron chi connectivity index (χ4n) is 2.74. The molecule has 0 aliphatic rings. The zero-order chi connectivity index (χ0) is 20.1. The standard InChI is InChI=1S/C21H23ClN2O3S/c1-4-26-10-9-24-18-11-14(2)15(3)12-19(18)28-21(24)23-20(25)13-27-17-7-5-16(22)6-8-17/h5-8,11-12H,4,9-10,13H2,1-3H3. The van der Waals surface area contributed by atoms with Crippen LogP contribution in [-0.2, 0) is 16.1 Å². The molecule has 0 aliphatic heterocycles. The molecule has 0 N–H and O–H groups in total. The van der Waals surface area contributed by atoms with Gasteiger partial charge in [-0.1, -0.05) is 22.9 Å². The molecule has 0 radical (unpaired) electrons. The quantitative estimate of drug-likeness (QED) is 0.530. The fourth-order valence-corrected chi connectivity index (χ4v) is 4.02. The molecule has 0 aliphatic carbocycles. The van der Waals surface area contributed by atoms with Crippen molar-refractivity contribution in [2.45, 2.75) is 27.3 Å². The minimum Gasteiger partial charge on any atom is -0.484 e. The van der Waals surface area contributed by atoms with Gasteiger partial charge in [0, 0.05) is 18.2 Å². The van der Waals surface area contributed by atoms with E-state index < -0.39 is 0 Å². The lowest BCUT2D eigenvalue weighted by molar-refractivity contribution is -0.120. The smallest absolute Gasteiger partial charge is 0.286 e. The average molecular weight is 419 g/mol. The lowest BCUT2D eigenvalue weighted by atomic mass is 10.1. The van der Waals surface area contributed by atoms with Crippen LogP contribution in [0.4, 0.5) is 0 Å². The molecule has 0 unspecified atom stereocenters. The zero-order valence-electron chi connectivity index (χ0n) is 16.2. The molecule has 1 aromatic heterocycles. The monoisotopic (exact) mass is 418 g/mol. The molecule has 5 nitrogen and oxygen atoms in total. The summed E-state index contributed by atoms with van der Waals surface area (Å²) < 4.78 is 14.2. The van der Waals surface area contributed by atoms with Crippen LogP contribution in [0.3, 0.4) is 0 Å². The Bertz CT molecular complexity index is 1040. The van der Waals surface area contributed by atoms with Crippen LogP contribution < -0.4 is 9.54 Å². The molecular weight excluding hydrogens is 396 g/mol. The number of ether oxygens (including phenoxy) is 2. The van der Waals surface area contributed by atoms with Gasteiger partial charge in [-0.25, -0.2) is 0 Å². The van der Waals surface area contributed by atoms with Crippen molar-refractivity contribution in [1.29, 1.82) is 0 Å². The first kappa shape index (κ1) is 20.6. The van der Waals surface area contributed by atoms with Crippen LogP contribution in [0.2, 0.25) is 5.02 Å². The first-order chi connectivity index (χ1) is 13.5. The minimum atomic E-state index is -0.333. The number of nitrogens with zero attached hydrogens (tertiary/aromatic N) is 2. The van der Waals surface area contributed by atoms with Crippen molar-refractivity contribution >= 4 is 39.1 Å². The number of aromatic nitrogens is 1. The summed E-state index contributed by atoms with van der Waals surface area (Å²) >= 11 is 7.36. The van der Waals surface area contributed by atoms with Crippen molar-refractivity contribution in [3.63, 3.8) is 0 Å². The Morgan fingerprint density at radius 3 is 2.61 bits per heavy atom. The van der Waals surface area contributed by atoms with Crippen molar-refractivity contribution in [3.05, 3.63) is 57.3 Å². The van der Waals surface area contributed by atoms with Gasteiger partial charge in [0.25, 0.3) is 5.91 Å². The number of carbonyl (C=O) groups is 1. The van der Waals surface area contributed by atoms with Crippen molar-refractivity contribution in [2.24, 2.45) is 4.99 Å². The highest BCUT2D eigenvalue weighted by atomic mass is 35.5. The molecule has 7 heteroatoms. The van der Waals surface area contributed by atoms with Crippen LogP contribution in [0.15, 0.2) is 41.4 Å². The molecule has 28 heavy (non-hydrogen) atoms. The Kier molecular flexibility index (Phi) is 6.88. The molecule has 1 amide bonds. The Morgan fingerprint density at radius 1 is 1.18 bits per heavy atom. The summed E-state index contributed by atoms with van der Waals surface area (Å²) in [6.07, 6.45) is 0. The van der Waals surface area contributed by atoms with Gasteiger partial charge in [-0.05, 0) is 68.3 Å². The third-order valence-electron chi connectivity index (χ3n) is 4.36. The van der Waals surface area contributed by atoms with E-state index in [9.17, 15) is 4.79 Å². The minimum absolute atomic E-state index is 0.126. The molecule has 2 aromatic carbocycles. The third-order valence-corrected chi connectivity index (χ3v) is 5.65. The van der Waals surface area contributed by atoms with E-state index >= 15 is 0 Å². The molecule has 0 fully saturated rings. The Labute approximate surface area is 173 Å². The first-order valence-electron chi connectivity index (χ1n) is 9.12. The topological polar surface area (TPSA) is 52.8 Å². The first-order valence-corrected chi connectivity index (χ1v) is 10.3. The van der Waals surface area contributed by atoms with Gasteiger partial charge in [0.15, 0.2) is 11.4 Å². The number of rotatable bonds is 7. The summed E-state index contributed by atoms with van der Waals surface area (Å²) in [4.78, 5) is 17.3. The molecule has 3 aromatic rings. The number of hydrogen-bond donors (Lipinski definition) is 0. The molecule has 0 saturated heterocycles. The Morgan fingerprint density at radius 2 is 1.89 bits per heavy atom. The zero-order valence-corrected chi connectivity index (χ0v) is 17.8. The van der Waals surface area contributed by atoms with Crippen LogP contribution in [0.5, 0.6) is 5.75 Å². The number of amides is 1. The van der Waals surface area contributed by atoms with E-state index in [2.05, 4.69) is 31.0 Å². The maximum atomic E-state index is 12.4. The molecule has 0 atom stereocenters. The van der Waals surface area contributed by atoms with E-state index in [1.54, 1.807) is 24.3 Å². The second kappa shape index (κ2) is 9.37. The second-order valence-corrected chi connectivity index (χ2v) is 7.83. The van der Waals surface area contributed by atoms with E-state index in [4.69, 9.17) is 21.1 Å². The summed E-state index contributed by atoms with van der Waals surface area (Å²) in [5, 5.41) is 0.620. The Hall–Kier alpha value is -2.15. The lowest BCUT2D eigenvalue weighted by Crippen LogP contribution is -2.21. The lowest BCUT2D eigenvalue weighted by Gasteiger charge is -2.07. The largest absolute Gasteiger partial charge is 0.484 e. The van der Waals surface area contributed by atoms with Crippen LogP contribution >= 0.6 is 22.9 Å². The number of fused-ring (bicyclic) bond motifs is 1. The maximum absolute atomic E-state index is 12.4. The molecule has 0 saturated carbocycles. The van der Waals surface area contributed by atoms with Gasteiger partial charge >= 0.3 is 0 Å². The Balaban J connectivity index is 1.87. The molecule has 3 rings (SSSR count). The summed E-state index contributed by atoms with van der Waals surface area (Å²) in [5.74, 6) is 0.250. The molecule has 1 heterocycles. The summed E-state index contributed by atoms with van der Waals surface area (Å²) in [6.45, 7) is 7.87. The summed E-state index contributed by atoms with van der Waals surface area (Å²) in [6, 6.07) is 11.2. The van der Waals surface area contributed by atoms with Gasteiger partial charge < -0.3 is 14.0 Å². The third kappa shape index (κ3) is 5.01. The van der Waals surface area contributed by atoms with Gasteiger partial charge in [-0.3, -0.25) is 4.79 Å². The van der Waals surface area contributed by atoms with E-state index in [1.807, 2.05) is 11.5 Å². The summed E-state index contributed by atoms with van der Waals surface area (Å²) in [7, 11) is 0. The number of thiazole rings is 1. The number of carbonyl (C=O) groups excluding carboxylic acids is 1. The second-order valence-electron chi connectivity index (χ2n) is 6.39. The number of halogens is 1. The number of hydrogen-bond acceptors (Lipinski definition) is 4. The molecular formula is C21H23ClN2O3S. The van der Waals surface area contributed by atoms with Gasteiger partial charge in [0.1, 0.15) is 5.75 Å². The van der Waals surface area contributed by atoms with Crippen molar-refractivity contribution < 1.29 is 14.3 Å². The van der Waals surface area contributed by atoms with Crippen LogP contribution in [0.25, 0.3) is 10.2 Å². The number of aryl methyl sites for hydroxylation is 2. The van der Waals surface area contributed by atoms with Crippen LogP contribution in [0, 0.1) is 13.8 Å². The number of benzene rings is 2. The predicted molar refractivity (Wildman–Crippen MR) is 113 cm³/mol. The highest BCUT2D eigenvalue weighted by Crippen LogP contribution is 2.22. The van der Waals surface area contributed by atoms with E-state index in [0.717, 1.165) is 10.2 Å². The normalized spacial score (nSPS) is 11.9. The van der Waals surface area contributed by atoms with Crippen LogP contribution in [0.1, 0.15) is 18.1 Å². The highest BCUT2D eigenvalue weighted by molar-refractivity contribution is 7.16. The predicted octanol–water partition coefficient (Wildman–Crippen LogP) is 4.52. The van der Waals surface area contributed by atoms with E-state index in [1.165, 1.54) is 22.5 Å². The van der Waals surface area contributed by atoms with Crippen LogP contribution in [-0.4, -0.2) is 30.3 Å². The van der Waals surface area contributed by atoms with E-state index in [-0.39, 0.29) is 12.5 Å². The van der Waals surface area contributed by atoms with Crippen molar-refractivity contribution in [2.75, 3.05) is 19.8 Å². The van der Waals surface area contributed by atoms with Crippen molar-refractivity contribution in [1.82, 2.24) is 4.57 Å². The van der Waals surface area contributed by atoms with Gasteiger partial charge in [0.2, 0.25) is 0 Å². The maximum Gasteiger partial charge on any atom is 0.286 e. The van der Waals surface area contributed by atoms with E-state index in [0.29, 0.717) is 35.3 Å². The van der Waals surface area contributed by atoms with Gasteiger partial charge in [-0.2, -0.15) is 4.99 Å². The SMILES string of the molecule is CCOCCn1c(=NC(=O)COc2ccc(Cl)cc2)sc2cc(C)c(C)cc21. The molecule has 0 spiro atoms. The van der Waals surface area contributed by atoms with Gasteiger partial charge in [0.05, 0.1) is 16.8 Å². The highest BCUT2D eigenvalue weighted by Gasteiger charge is 2.10. The summed E-state index contributed by atoms with van der Waals surface area (Å²) in [5.41, 5.74) is 3.49. The van der Waals surface area contributed by atoms with Crippen molar-refractivity contribution in [3.8, 4) is 5.75 Å². The fraction of sp³-hybridized carbons (Fsp3) is 0.333. The molecule has 148 valence electrons. The van der Waals surface area contributed by atoms with Gasteiger partial charge in [-0.15, -0.1) is 0 Å².